The Kier molecular flexibility index (Phi) is 4.83. The van der Waals surface area contributed by atoms with Gasteiger partial charge in [0.2, 0.25) is 5.91 Å². The lowest BCUT2D eigenvalue weighted by Gasteiger charge is -2.14. The van der Waals surface area contributed by atoms with Crippen molar-refractivity contribution < 1.29 is 4.79 Å². The molecule has 0 aliphatic carbocycles. The summed E-state index contributed by atoms with van der Waals surface area (Å²) in [6.45, 7) is 4.10. The van der Waals surface area contributed by atoms with Gasteiger partial charge >= 0.3 is 0 Å². The normalized spacial score (nSPS) is 12.1. The smallest absolute Gasteiger partial charge is 0.239 e. The van der Waals surface area contributed by atoms with Gasteiger partial charge in [-0.3, -0.25) is 4.79 Å². The van der Waals surface area contributed by atoms with E-state index in [2.05, 4.69) is 24.4 Å². The monoisotopic (exact) mass is 220 g/mol. The molecule has 1 amide bonds. The number of nitrogens with two attached hydrogens (primary N) is 1. The Morgan fingerprint density at radius 1 is 1.31 bits per heavy atom. The molecule has 0 saturated heterocycles. The Labute approximate surface area is 97.0 Å². The molecular weight excluding hydrogens is 200 g/mol. The van der Waals surface area contributed by atoms with Gasteiger partial charge in [-0.2, -0.15) is 0 Å². The predicted octanol–water partition coefficient (Wildman–Crippen LogP) is 2.31. The third-order valence-electron chi connectivity index (χ3n) is 2.59. The average Bonchev–Trinajstić information content (AvgIpc) is 2.28. The summed E-state index contributed by atoms with van der Waals surface area (Å²) in [6.07, 6.45) is 2.94. The molecule has 0 heterocycles. The van der Waals surface area contributed by atoms with E-state index in [0.29, 0.717) is 6.42 Å². The highest BCUT2D eigenvalue weighted by atomic mass is 16.1. The number of benzene rings is 1. The van der Waals surface area contributed by atoms with Crippen molar-refractivity contribution in [3.63, 3.8) is 0 Å². The highest BCUT2D eigenvalue weighted by molar-refractivity contribution is 5.82. The van der Waals surface area contributed by atoms with Crippen molar-refractivity contribution in [2.45, 2.75) is 39.2 Å². The van der Waals surface area contributed by atoms with Gasteiger partial charge in [0, 0.05) is 5.69 Å². The fraction of sp³-hybridized carbons (Fsp3) is 0.462. The quantitative estimate of drug-likeness (QED) is 0.773. The molecule has 0 radical (unpaired) electrons. The molecule has 0 aliphatic rings. The molecule has 3 heteroatoms. The predicted molar refractivity (Wildman–Crippen MR) is 67.3 cm³/mol. The van der Waals surface area contributed by atoms with Crippen LogP contribution in [0.25, 0.3) is 0 Å². The van der Waals surface area contributed by atoms with E-state index in [9.17, 15) is 4.79 Å². The minimum atomic E-state index is -0.305. The molecule has 0 aromatic heterocycles. The molecular formula is C13H20N2O. The van der Waals surface area contributed by atoms with Gasteiger partial charge in [0.15, 0.2) is 0 Å². The van der Waals surface area contributed by atoms with Gasteiger partial charge in [-0.1, -0.05) is 32.4 Å². The van der Waals surface area contributed by atoms with Crippen molar-refractivity contribution in [2.24, 2.45) is 5.73 Å². The second-order valence-electron chi connectivity index (χ2n) is 3.95. The van der Waals surface area contributed by atoms with Crippen LogP contribution in [0, 0.1) is 0 Å². The van der Waals surface area contributed by atoms with E-state index in [4.69, 9.17) is 5.73 Å². The molecule has 1 aromatic carbocycles. The van der Waals surface area contributed by atoms with Crippen molar-refractivity contribution in [3.05, 3.63) is 29.8 Å². The Balaban J connectivity index is 2.63. The molecule has 3 N–H and O–H groups in total. The van der Waals surface area contributed by atoms with Crippen LogP contribution in [0.2, 0.25) is 0 Å². The standard InChI is InChI=1S/C13H20N2O/c1-3-5-10-6-8-11(9-7-10)15-12(4-2)13(14)16/h6-9,12,15H,3-5H2,1-2H3,(H2,14,16). The van der Waals surface area contributed by atoms with Crippen molar-refractivity contribution in [1.82, 2.24) is 0 Å². The molecule has 0 fully saturated rings. The fourth-order valence-electron chi connectivity index (χ4n) is 1.63. The Bertz CT molecular complexity index is 332. The maximum atomic E-state index is 11.1. The second kappa shape index (κ2) is 6.16. The summed E-state index contributed by atoms with van der Waals surface area (Å²) >= 11 is 0. The molecule has 16 heavy (non-hydrogen) atoms. The van der Waals surface area contributed by atoms with Crippen LogP contribution in [0.1, 0.15) is 32.3 Å². The number of carbonyl (C=O) groups is 1. The minimum absolute atomic E-state index is 0.281. The van der Waals surface area contributed by atoms with Crippen LogP contribution in [-0.4, -0.2) is 11.9 Å². The van der Waals surface area contributed by atoms with Crippen LogP contribution in [-0.2, 0) is 11.2 Å². The van der Waals surface area contributed by atoms with Crippen molar-refractivity contribution in [1.29, 1.82) is 0 Å². The summed E-state index contributed by atoms with van der Waals surface area (Å²) in [6, 6.07) is 7.88. The maximum absolute atomic E-state index is 11.1. The number of rotatable bonds is 6. The van der Waals surface area contributed by atoms with E-state index in [1.165, 1.54) is 5.56 Å². The zero-order valence-electron chi connectivity index (χ0n) is 9.99. The van der Waals surface area contributed by atoms with Gasteiger partial charge in [0.1, 0.15) is 6.04 Å². The van der Waals surface area contributed by atoms with Crippen LogP contribution in [0.3, 0.4) is 0 Å². The van der Waals surface area contributed by atoms with Gasteiger partial charge in [0.05, 0.1) is 0 Å². The van der Waals surface area contributed by atoms with Crippen LogP contribution in [0.5, 0.6) is 0 Å². The minimum Gasteiger partial charge on any atom is -0.374 e. The summed E-state index contributed by atoms with van der Waals surface area (Å²) in [4.78, 5) is 11.1. The summed E-state index contributed by atoms with van der Waals surface area (Å²) in [5.74, 6) is -0.305. The second-order valence-corrected chi connectivity index (χ2v) is 3.95. The van der Waals surface area contributed by atoms with Crippen LogP contribution in [0.15, 0.2) is 24.3 Å². The topological polar surface area (TPSA) is 55.1 Å². The lowest BCUT2D eigenvalue weighted by Crippen LogP contribution is -2.34. The third-order valence-corrected chi connectivity index (χ3v) is 2.59. The van der Waals surface area contributed by atoms with Crippen molar-refractivity contribution in [2.75, 3.05) is 5.32 Å². The Morgan fingerprint density at radius 3 is 2.38 bits per heavy atom. The number of amides is 1. The lowest BCUT2D eigenvalue weighted by molar-refractivity contribution is -0.118. The van der Waals surface area contributed by atoms with Crippen LogP contribution in [0.4, 0.5) is 5.69 Å². The molecule has 0 saturated carbocycles. The van der Waals surface area contributed by atoms with E-state index in [-0.39, 0.29) is 11.9 Å². The third kappa shape index (κ3) is 3.57. The molecule has 0 spiro atoms. The molecule has 0 bridgehead atoms. The number of hydrogen-bond acceptors (Lipinski definition) is 2. The first-order valence-electron chi connectivity index (χ1n) is 5.82. The first-order valence-corrected chi connectivity index (χ1v) is 5.82. The highest BCUT2D eigenvalue weighted by Crippen LogP contribution is 2.12. The molecule has 1 atom stereocenters. The highest BCUT2D eigenvalue weighted by Gasteiger charge is 2.11. The van der Waals surface area contributed by atoms with E-state index in [1.54, 1.807) is 0 Å². The molecule has 1 unspecified atom stereocenters. The molecule has 1 aromatic rings. The van der Waals surface area contributed by atoms with E-state index in [0.717, 1.165) is 18.5 Å². The summed E-state index contributed by atoms with van der Waals surface area (Å²) in [7, 11) is 0. The zero-order valence-corrected chi connectivity index (χ0v) is 9.99. The van der Waals surface area contributed by atoms with Crippen LogP contribution < -0.4 is 11.1 Å². The van der Waals surface area contributed by atoms with Gasteiger partial charge < -0.3 is 11.1 Å². The Morgan fingerprint density at radius 2 is 1.94 bits per heavy atom. The number of anilines is 1. The number of primary amides is 1. The van der Waals surface area contributed by atoms with Crippen LogP contribution >= 0.6 is 0 Å². The molecule has 1 rings (SSSR count). The fourth-order valence-corrected chi connectivity index (χ4v) is 1.63. The van der Waals surface area contributed by atoms with E-state index in [1.807, 2.05) is 19.1 Å². The van der Waals surface area contributed by atoms with Gasteiger partial charge in [0.25, 0.3) is 0 Å². The van der Waals surface area contributed by atoms with Gasteiger partial charge in [-0.25, -0.2) is 0 Å². The van der Waals surface area contributed by atoms with Crippen molar-refractivity contribution >= 4 is 11.6 Å². The van der Waals surface area contributed by atoms with Crippen molar-refractivity contribution in [3.8, 4) is 0 Å². The van der Waals surface area contributed by atoms with Gasteiger partial charge in [-0.15, -0.1) is 0 Å². The number of carbonyl (C=O) groups excluding carboxylic acids is 1. The van der Waals surface area contributed by atoms with Gasteiger partial charge in [-0.05, 0) is 30.5 Å². The first-order chi connectivity index (χ1) is 7.67. The van der Waals surface area contributed by atoms with E-state index >= 15 is 0 Å². The largest absolute Gasteiger partial charge is 0.374 e. The Hall–Kier alpha value is -1.51. The first kappa shape index (κ1) is 12.6. The molecule has 0 aliphatic heterocycles. The maximum Gasteiger partial charge on any atom is 0.239 e. The number of hydrogen-bond donors (Lipinski definition) is 2. The lowest BCUT2D eigenvalue weighted by atomic mass is 10.1. The zero-order chi connectivity index (χ0) is 12.0. The summed E-state index contributed by atoms with van der Waals surface area (Å²) in [5.41, 5.74) is 7.54. The number of nitrogens with one attached hydrogen (secondary N) is 1. The number of aryl methyl sites for hydroxylation is 1. The van der Waals surface area contributed by atoms with E-state index < -0.39 is 0 Å². The summed E-state index contributed by atoms with van der Waals surface area (Å²) in [5, 5.41) is 3.12. The average molecular weight is 220 g/mol. The summed E-state index contributed by atoms with van der Waals surface area (Å²) < 4.78 is 0. The molecule has 3 nitrogen and oxygen atoms in total. The molecule has 88 valence electrons. The SMILES string of the molecule is CCCc1ccc(NC(CC)C(N)=O)cc1.